The number of aromatic nitrogens is 1. The van der Waals surface area contributed by atoms with Gasteiger partial charge in [-0.15, -0.1) is 0 Å². The average Bonchev–Trinajstić information content (AvgIpc) is 2.73. The van der Waals surface area contributed by atoms with Crippen LogP contribution in [0.15, 0.2) is 29.4 Å². The van der Waals surface area contributed by atoms with E-state index in [2.05, 4.69) is 27.5 Å². The molecule has 0 spiro atoms. The van der Waals surface area contributed by atoms with Crippen LogP contribution in [0.25, 0.3) is 16.5 Å². The number of alkyl halides is 2. The summed E-state index contributed by atoms with van der Waals surface area (Å²) in [6.07, 6.45) is 1.81. The molecule has 0 saturated carbocycles. The van der Waals surface area contributed by atoms with E-state index in [1.54, 1.807) is 6.92 Å². The molecule has 5 heteroatoms. The first kappa shape index (κ1) is 16.9. The van der Waals surface area contributed by atoms with Gasteiger partial charge in [0.15, 0.2) is 0 Å². The molecule has 1 aromatic carbocycles. The Kier molecular flexibility index (Phi) is 5.81. The molecule has 0 unspecified atom stereocenters. The van der Waals surface area contributed by atoms with Crippen molar-refractivity contribution in [1.29, 1.82) is 0 Å². The van der Waals surface area contributed by atoms with E-state index in [1.165, 1.54) is 0 Å². The van der Waals surface area contributed by atoms with Crippen molar-refractivity contribution < 1.29 is 0 Å². The number of aromatic amines is 1. The molecule has 0 fully saturated rings. The topological polar surface area (TPSA) is 15.8 Å². The smallest absolute Gasteiger partial charge is 0.140 e. The zero-order chi connectivity index (χ0) is 14.8. The Labute approximate surface area is 137 Å². The molecule has 2 aromatic rings. The molecule has 1 aromatic heterocycles. The Morgan fingerprint density at radius 3 is 2.42 bits per heavy atom. The second-order valence-electron chi connectivity index (χ2n) is 3.88. The molecule has 0 atom stereocenters. The van der Waals surface area contributed by atoms with Gasteiger partial charge in [-0.3, -0.25) is 0 Å². The summed E-state index contributed by atoms with van der Waals surface area (Å²) in [5.41, 5.74) is 2.36. The van der Waals surface area contributed by atoms with Crippen molar-refractivity contribution in [2.45, 2.75) is 25.1 Å². The van der Waals surface area contributed by atoms with Crippen molar-refractivity contribution in [2.24, 2.45) is 0 Å². The first-order chi connectivity index (χ1) is 8.80. The van der Waals surface area contributed by atoms with Crippen molar-refractivity contribution in [3.63, 3.8) is 0 Å². The minimum Gasteiger partial charge on any atom is -0.359 e. The van der Waals surface area contributed by atoms with Gasteiger partial charge in [0, 0.05) is 21.6 Å². The maximum absolute atomic E-state index is 6.14. The number of hydrogen-bond donors (Lipinski definition) is 1. The van der Waals surface area contributed by atoms with Gasteiger partial charge in [0.1, 0.15) is 4.33 Å². The van der Waals surface area contributed by atoms with Crippen molar-refractivity contribution in [3.05, 3.63) is 40.0 Å². The van der Waals surface area contributed by atoms with Crippen LogP contribution in [-0.4, -0.2) is 9.32 Å². The number of fused-ring (bicyclic) bond motifs is 1. The molecule has 0 saturated heterocycles. The van der Waals surface area contributed by atoms with Crippen LogP contribution in [0.3, 0.4) is 0 Å². The maximum Gasteiger partial charge on any atom is 0.140 e. The summed E-state index contributed by atoms with van der Waals surface area (Å²) in [5.74, 6) is 0. The quantitative estimate of drug-likeness (QED) is 0.548. The van der Waals surface area contributed by atoms with E-state index in [1.807, 2.05) is 32.2 Å². The fourth-order valence-electron chi connectivity index (χ4n) is 1.64. The standard InChI is InChI=1S/C12H9BrCl3N.C2H6/c1-6(12(2,15)16)9-5-17-11-8(9)3-7(13)4-10(11)14;1-2/h3-5,17H,1H2,2H3;1-2H3. The predicted molar refractivity (Wildman–Crippen MR) is 91.5 cm³/mol. The van der Waals surface area contributed by atoms with E-state index >= 15 is 0 Å². The van der Waals surface area contributed by atoms with Crippen LogP contribution in [0.2, 0.25) is 5.02 Å². The Hall–Kier alpha value is -0.150. The summed E-state index contributed by atoms with van der Waals surface area (Å²) in [6, 6.07) is 3.78. The highest BCUT2D eigenvalue weighted by molar-refractivity contribution is 9.10. The minimum atomic E-state index is -1.01. The Morgan fingerprint density at radius 1 is 1.32 bits per heavy atom. The van der Waals surface area contributed by atoms with Crippen molar-refractivity contribution in [3.8, 4) is 0 Å². The van der Waals surface area contributed by atoms with Gasteiger partial charge in [-0.05, 0) is 24.6 Å². The lowest BCUT2D eigenvalue weighted by molar-refractivity contribution is 1.15. The zero-order valence-corrected chi connectivity index (χ0v) is 14.8. The highest BCUT2D eigenvalue weighted by atomic mass is 79.9. The van der Waals surface area contributed by atoms with Crippen molar-refractivity contribution in [1.82, 2.24) is 4.98 Å². The van der Waals surface area contributed by atoms with Crippen LogP contribution in [0, 0.1) is 0 Å². The lowest BCUT2D eigenvalue weighted by atomic mass is 10.0. The molecular weight excluding hydrogens is 368 g/mol. The first-order valence-electron chi connectivity index (χ1n) is 5.84. The summed E-state index contributed by atoms with van der Waals surface area (Å²) in [4.78, 5) is 3.11. The molecule has 1 N–H and O–H groups in total. The van der Waals surface area contributed by atoms with E-state index in [0.29, 0.717) is 10.6 Å². The Bertz CT molecular complexity index is 596. The molecule has 0 aliphatic rings. The van der Waals surface area contributed by atoms with Gasteiger partial charge in [-0.25, -0.2) is 0 Å². The molecule has 0 bridgehead atoms. The van der Waals surface area contributed by atoms with Crippen molar-refractivity contribution >= 4 is 67.2 Å². The van der Waals surface area contributed by atoms with Gasteiger partial charge in [-0.2, -0.15) is 0 Å². The minimum absolute atomic E-state index is 0.638. The van der Waals surface area contributed by atoms with Gasteiger partial charge >= 0.3 is 0 Å². The number of allylic oxidation sites excluding steroid dienone is 1. The van der Waals surface area contributed by atoms with E-state index in [0.717, 1.165) is 20.9 Å². The fraction of sp³-hybridized carbons (Fsp3) is 0.286. The van der Waals surface area contributed by atoms with E-state index < -0.39 is 4.33 Å². The Morgan fingerprint density at radius 2 is 1.89 bits per heavy atom. The summed E-state index contributed by atoms with van der Waals surface area (Å²) >= 11 is 21.7. The second kappa shape index (κ2) is 6.53. The molecule has 0 aliphatic heterocycles. The molecule has 0 radical (unpaired) electrons. The van der Waals surface area contributed by atoms with Gasteiger partial charge in [0.2, 0.25) is 0 Å². The van der Waals surface area contributed by atoms with Crippen LogP contribution < -0.4 is 0 Å². The number of rotatable bonds is 2. The van der Waals surface area contributed by atoms with Gasteiger partial charge in [0.05, 0.1) is 10.5 Å². The molecule has 0 aliphatic carbocycles. The number of halogens is 4. The molecule has 19 heavy (non-hydrogen) atoms. The second-order valence-corrected chi connectivity index (χ2v) is 6.91. The monoisotopic (exact) mass is 381 g/mol. The normalized spacial score (nSPS) is 11.1. The van der Waals surface area contributed by atoms with Crippen molar-refractivity contribution in [2.75, 3.05) is 0 Å². The van der Waals surface area contributed by atoms with Gasteiger partial charge in [0.25, 0.3) is 0 Å². The van der Waals surface area contributed by atoms with Gasteiger partial charge in [-0.1, -0.05) is 71.2 Å². The third kappa shape index (κ3) is 3.69. The van der Waals surface area contributed by atoms with Crippen LogP contribution in [-0.2, 0) is 0 Å². The molecular formula is C14H15BrCl3N. The van der Waals surface area contributed by atoms with E-state index in [9.17, 15) is 0 Å². The lowest BCUT2D eigenvalue weighted by Crippen LogP contribution is -2.07. The number of H-pyrrole nitrogens is 1. The number of hydrogen-bond acceptors (Lipinski definition) is 0. The largest absolute Gasteiger partial charge is 0.359 e. The summed E-state index contributed by atoms with van der Waals surface area (Å²) < 4.78 is -0.112. The first-order valence-corrected chi connectivity index (χ1v) is 7.77. The number of nitrogens with one attached hydrogen (secondary N) is 1. The molecule has 2 rings (SSSR count). The average molecular weight is 384 g/mol. The van der Waals surface area contributed by atoms with Crippen LogP contribution in [0.4, 0.5) is 0 Å². The fourth-order valence-corrected chi connectivity index (χ4v) is 2.71. The van der Waals surface area contributed by atoms with Crippen LogP contribution in [0.5, 0.6) is 0 Å². The lowest BCUT2D eigenvalue weighted by Gasteiger charge is -2.16. The van der Waals surface area contributed by atoms with Crippen LogP contribution in [0.1, 0.15) is 26.3 Å². The maximum atomic E-state index is 6.14. The number of benzene rings is 1. The third-order valence-corrected chi connectivity index (χ3v) is 3.77. The highest BCUT2D eigenvalue weighted by Crippen LogP contribution is 2.40. The molecule has 1 nitrogen and oxygen atoms in total. The van der Waals surface area contributed by atoms with E-state index in [-0.39, 0.29) is 0 Å². The Balaban J connectivity index is 0.000000861. The molecule has 0 amide bonds. The third-order valence-electron chi connectivity index (χ3n) is 2.56. The zero-order valence-electron chi connectivity index (χ0n) is 11.0. The SMILES string of the molecule is C=C(c1c[nH]c2c(Cl)cc(Br)cc12)C(C)(Cl)Cl.CC. The van der Waals surface area contributed by atoms with Crippen LogP contribution >= 0.6 is 50.7 Å². The summed E-state index contributed by atoms with van der Waals surface area (Å²) in [7, 11) is 0. The predicted octanol–water partition coefficient (Wildman–Crippen LogP) is 6.82. The summed E-state index contributed by atoms with van der Waals surface area (Å²) in [6.45, 7) is 9.63. The highest BCUT2D eigenvalue weighted by Gasteiger charge is 2.24. The summed E-state index contributed by atoms with van der Waals surface area (Å²) in [5, 5.41) is 1.58. The molecule has 104 valence electrons. The van der Waals surface area contributed by atoms with E-state index in [4.69, 9.17) is 34.8 Å². The molecule has 1 heterocycles. The van der Waals surface area contributed by atoms with Gasteiger partial charge < -0.3 is 4.98 Å².